The predicted octanol–water partition coefficient (Wildman–Crippen LogP) is 2.08. The first-order valence-electron chi connectivity index (χ1n) is 4.23. The number of hydrogen-bond donors (Lipinski definition) is 1. The van der Waals surface area contributed by atoms with Crippen molar-refractivity contribution in [3.05, 3.63) is 22.7 Å². The van der Waals surface area contributed by atoms with E-state index in [0.717, 1.165) is 6.26 Å². The van der Waals surface area contributed by atoms with Crippen LogP contribution in [0.5, 0.6) is 0 Å². The first-order chi connectivity index (χ1) is 7.34. The Balaban J connectivity index is 3.21. The Kier molecular flexibility index (Phi) is 4.35. The van der Waals surface area contributed by atoms with Crippen molar-refractivity contribution in [3.8, 4) is 0 Å². The van der Waals surface area contributed by atoms with Crippen LogP contribution in [0.1, 0.15) is 0 Å². The molecule has 0 fully saturated rings. The molecular formula is C9H10BrClN2O2S. The SMILES string of the molecule is CS(=O)(=O)c1ccc(N=C(N)CCl)c(Br)c1. The second kappa shape index (κ2) is 5.16. The lowest BCUT2D eigenvalue weighted by molar-refractivity contribution is 0.602. The number of alkyl halides is 1. The maximum absolute atomic E-state index is 11.3. The van der Waals surface area contributed by atoms with Gasteiger partial charge in [0, 0.05) is 10.7 Å². The fourth-order valence-electron chi connectivity index (χ4n) is 0.994. The van der Waals surface area contributed by atoms with Crippen LogP contribution < -0.4 is 5.73 Å². The van der Waals surface area contributed by atoms with Crippen LogP contribution in [0.2, 0.25) is 0 Å². The molecule has 0 atom stereocenters. The second-order valence-corrected chi connectivity index (χ2v) is 6.26. The van der Waals surface area contributed by atoms with E-state index in [1.165, 1.54) is 12.1 Å². The average Bonchev–Trinajstić information content (AvgIpc) is 2.19. The summed E-state index contributed by atoms with van der Waals surface area (Å²) >= 11 is 8.72. The van der Waals surface area contributed by atoms with Crippen LogP contribution in [0.25, 0.3) is 0 Å². The zero-order chi connectivity index (χ0) is 12.3. The van der Waals surface area contributed by atoms with E-state index in [9.17, 15) is 8.42 Å². The van der Waals surface area contributed by atoms with Gasteiger partial charge in [0.1, 0.15) is 5.84 Å². The van der Waals surface area contributed by atoms with Crippen molar-refractivity contribution in [2.24, 2.45) is 10.7 Å². The first kappa shape index (κ1) is 13.5. The summed E-state index contributed by atoms with van der Waals surface area (Å²) in [5, 5.41) is 0. The Morgan fingerprint density at radius 3 is 2.62 bits per heavy atom. The van der Waals surface area contributed by atoms with Crippen molar-refractivity contribution in [3.63, 3.8) is 0 Å². The molecule has 2 N–H and O–H groups in total. The number of hydrogen-bond acceptors (Lipinski definition) is 3. The van der Waals surface area contributed by atoms with Crippen molar-refractivity contribution < 1.29 is 8.42 Å². The molecule has 0 bridgehead atoms. The van der Waals surface area contributed by atoms with Crippen LogP contribution in [0, 0.1) is 0 Å². The highest BCUT2D eigenvalue weighted by Gasteiger charge is 2.09. The van der Waals surface area contributed by atoms with E-state index in [0.29, 0.717) is 10.2 Å². The van der Waals surface area contributed by atoms with Gasteiger partial charge in [-0.15, -0.1) is 11.6 Å². The lowest BCUT2D eigenvalue weighted by Crippen LogP contribution is -2.12. The molecule has 7 heteroatoms. The molecule has 1 aromatic carbocycles. The lowest BCUT2D eigenvalue weighted by Gasteiger charge is -2.03. The van der Waals surface area contributed by atoms with Gasteiger partial charge in [0.2, 0.25) is 0 Å². The standard InChI is InChI=1S/C9H10BrClN2O2S/c1-16(14,15)6-2-3-8(7(10)4-6)13-9(12)5-11/h2-4H,5H2,1H3,(H2,12,13). The molecule has 4 nitrogen and oxygen atoms in total. The predicted molar refractivity (Wildman–Crippen MR) is 69.3 cm³/mol. The van der Waals surface area contributed by atoms with E-state index in [-0.39, 0.29) is 16.6 Å². The number of nitrogens with two attached hydrogens (primary N) is 1. The maximum atomic E-state index is 11.3. The van der Waals surface area contributed by atoms with Crippen molar-refractivity contribution >= 4 is 48.9 Å². The summed E-state index contributed by atoms with van der Waals surface area (Å²) in [6.07, 6.45) is 1.14. The minimum atomic E-state index is -3.21. The molecule has 0 radical (unpaired) electrons. The molecule has 0 amide bonds. The van der Waals surface area contributed by atoms with Gasteiger partial charge in [-0.25, -0.2) is 13.4 Å². The van der Waals surface area contributed by atoms with E-state index in [1.807, 2.05) is 0 Å². The highest BCUT2D eigenvalue weighted by molar-refractivity contribution is 9.10. The summed E-state index contributed by atoms with van der Waals surface area (Å²) in [6, 6.07) is 4.52. The smallest absolute Gasteiger partial charge is 0.175 e. The van der Waals surface area contributed by atoms with Gasteiger partial charge in [-0.2, -0.15) is 0 Å². The fourth-order valence-corrected chi connectivity index (χ4v) is 2.32. The number of rotatable bonds is 3. The van der Waals surface area contributed by atoms with Crippen molar-refractivity contribution in [2.45, 2.75) is 4.90 Å². The molecule has 0 heterocycles. The van der Waals surface area contributed by atoms with E-state index < -0.39 is 9.84 Å². The molecule has 88 valence electrons. The number of sulfone groups is 1. The van der Waals surface area contributed by atoms with E-state index in [4.69, 9.17) is 17.3 Å². The molecule has 0 saturated carbocycles. The molecule has 16 heavy (non-hydrogen) atoms. The summed E-state index contributed by atoms with van der Waals surface area (Å²) in [5.74, 6) is 0.398. The van der Waals surface area contributed by atoms with Crippen molar-refractivity contribution in [1.29, 1.82) is 0 Å². The highest BCUT2D eigenvalue weighted by Crippen LogP contribution is 2.28. The van der Waals surface area contributed by atoms with Crippen LogP contribution in [-0.4, -0.2) is 26.4 Å². The van der Waals surface area contributed by atoms with Crippen LogP contribution in [-0.2, 0) is 9.84 Å². The molecule has 0 unspecified atom stereocenters. The Hall–Kier alpha value is -0.590. The van der Waals surface area contributed by atoms with E-state index in [1.54, 1.807) is 6.07 Å². The number of benzene rings is 1. The van der Waals surface area contributed by atoms with Gasteiger partial charge >= 0.3 is 0 Å². The van der Waals surface area contributed by atoms with Gasteiger partial charge in [0.15, 0.2) is 9.84 Å². The summed E-state index contributed by atoms with van der Waals surface area (Å²) in [5.41, 5.74) is 6.02. The second-order valence-electron chi connectivity index (χ2n) is 3.12. The van der Waals surface area contributed by atoms with E-state index >= 15 is 0 Å². The van der Waals surface area contributed by atoms with Crippen LogP contribution in [0.15, 0.2) is 32.6 Å². The maximum Gasteiger partial charge on any atom is 0.175 e. The average molecular weight is 326 g/mol. The minimum absolute atomic E-state index is 0.125. The summed E-state index contributed by atoms with van der Waals surface area (Å²) in [7, 11) is -3.21. The van der Waals surface area contributed by atoms with Gasteiger partial charge in [0.25, 0.3) is 0 Å². The van der Waals surface area contributed by atoms with E-state index in [2.05, 4.69) is 20.9 Å². The van der Waals surface area contributed by atoms with Crippen LogP contribution in [0.3, 0.4) is 0 Å². The highest BCUT2D eigenvalue weighted by atomic mass is 79.9. The minimum Gasteiger partial charge on any atom is -0.386 e. The molecule has 0 aliphatic rings. The molecule has 1 aromatic rings. The van der Waals surface area contributed by atoms with Gasteiger partial charge in [-0.05, 0) is 34.1 Å². The third-order valence-electron chi connectivity index (χ3n) is 1.75. The van der Waals surface area contributed by atoms with Crippen molar-refractivity contribution in [1.82, 2.24) is 0 Å². The van der Waals surface area contributed by atoms with Gasteiger partial charge < -0.3 is 5.73 Å². The number of aliphatic imine (C=N–C) groups is 1. The van der Waals surface area contributed by atoms with Gasteiger partial charge in [-0.3, -0.25) is 0 Å². The zero-order valence-corrected chi connectivity index (χ0v) is 11.6. The van der Waals surface area contributed by atoms with Gasteiger partial charge in [-0.1, -0.05) is 0 Å². The summed E-state index contributed by atoms with van der Waals surface area (Å²) < 4.78 is 23.1. The van der Waals surface area contributed by atoms with Gasteiger partial charge in [0.05, 0.1) is 16.5 Å². The number of halogens is 2. The molecule has 0 aliphatic heterocycles. The lowest BCUT2D eigenvalue weighted by atomic mass is 10.3. The largest absolute Gasteiger partial charge is 0.386 e. The molecular weight excluding hydrogens is 316 g/mol. The quantitative estimate of drug-likeness (QED) is 0.525. The molecule has 0 saturated heterocycles. The molecule has 1 rings (SSSR count). The van der Waals surface area contributed by atoms with Crippen molar-refractivity contribution in [2.75, 3.05) is 12.1 Å². The molecule has 0 spiro atoms. The Labute approximate surface area is 108 Å². The Bertz CT molecular complexity index is 528. The number of amidine groups is 1. The first-order valence-corrected chi connectivity index (χ1v) is 7.45. The Morgan fingerprint density at radius 1 is 1.56 bits per heavy atom. The topological polar surface area (TPSA) is 72.5 Å². The summed E-state index contributed by atoms with van der Waals surface area (Å²) in [4.78, 5) is 4.25. The molecule has 0 aromatic heterocycles. The molecule has 0 aliphatic carbocycles. The normalized spacial score (nSPS) is 12.8. The summed E-state index contributed by atoms with van der Waals surface area (Å²) in [6.45, 7) is 0. The fraction of sp³-hybridized carbons (Fsp3) is 0.222. The van der Waals surface area contributed by atoms with Crippen LogP contribution >= 0.6 is 27.5 Å². The third-order valence-corrected chi connectivity index (χ3v) is 3.77. The van der Waals surface area contributed by atoms with Crippen LogP contribution in [0.4, 0.5) is 5.69 Å². The third kappa shape index (κ3) is 3.47. The Morgan fingerprint density at radius 2 is 2.19 bits per heavy atom. The monoisotopic (exact) mass is 324 g/mol. The zero-order valence-electron chi connectivity index (χ0n) is 8.44. The number of nitrogens with zero attached hydrogens (tertiary/aromatic N) is 1.